The molecule has 2 aromatic heterocycles. The van der Waals surface area contributed by atoms with Gasteiger partial charge < -0.3 is 10.6 Å². The third-order valence-corrected chi connectivity index (χ3v) is 4.37. The summed E-state index contributed by atoms with van der Waals surface area (Å²) < 4.78 is 1.67. The van der Waals surface area contributed by atoms with Gasteiger partial charge in [-0.25, -0.2) is 14.5 Å². The zero-order valence-corrected chi connectivity index (χ0v) is 14.0. The smallest absolute Gasteiger partial charge is 0.319 e. The molecule has 0 radical (unpaired) electrons. The maximum atomic E-state index is 12.0. The summed E-state index contributed by atoms with van der Waals surface area (Å²) in [6.45, 7) is 4.93. The molecular formula is C17H24N6O. The maximum absolute atomic E-state index is 12.0. The Kier molecular flexibility index (Phi) is 5.43. The Morgan fingerprint density at radius 3 is 3.00 bits per heavy atom. The fraction of sp³-hybridized carbons (Fsp3) is 0.471. The molecule has 1 aliphatic rings. The van der Waals surface area contributed by atoms with Crippen LogP contribution in [0.1, 0.15) is 26.2 Å². The summed E-state index contributed by atoms with van der Waals surface area (Å²) in [6.07, 6.45) is 8.97. The number of hydrogen-bond donors (Lipinski definition) is 2. The highest BCUT2D eigenvalue weighted by molar-refractivity contribution is 5.89. The van der Waals surface area contributed by atoms with Crippen LogP contribution >= 0.6 is 0 Å². The Balaban J connectivity index is 1.43. The van der Waals surface area contributed by atoms with E-state index in [1.165, 1.54) is 19.3 Å². The summed E-state index contributed by atoms with van der Waals surface area (Å²) in [5, 5.41) is 9.82. The summed E-state index contributed by atoms with van der Waals surface area (Å²) in [6, 6.07) is 5.88. The predicted octanol–water partition coefficient (Wildman–Crippen LogP) is 2.26. The summed E-state index contributed by atoms with van der Waals surface area (Å²) in [5.41, 5.74) is 0.662. The van der Waals surface area contributed by atoms with Gasteiger partial charge in [-0.05, 0) is 44.5 Å². The van der Waals surface area contributed by atoms with E-state index in [9.17, 15) is 4.79 Å². The van der Waals surface area contributed by atoms with Gasteiger partial charge in [-0.3, -0.25) is 4.90 Å². The minimum atomic E-state index is -0.201. The lowest BCUT2D eigenvalue weighted by atomic mass is 10.0. The van der Waals surface area contributed by atoms with Crippen molar-refractivity contribution < 1.29 is 4.79 Å². The Morgan fingerprint density at radius 2 is 2.29 bits per heavy atom. The Labute approximate surface area is 142 Å². The first-order valence-electron chi connectivity index (χ1n) is 8.47. The quantitative estimate of drug-likeness (QED) is 0.883. The lowest BCUT2D eigenvalue weighted by Crippen LogP contribution is -2.43. The SMILES string of the molecule is C[C@@H]1CCCCN1CCNC(=O)Nc1ccc(-n2cccn2)nc1. The normalized spacial score (nSPS) is 18.3. The van der Waals surface area contributed by atoms with Gasteiger partial charge in [0.2, 0.25) is 0 Å². The molecule has 0 saturated carbocycles. The van der Waals surface area contributed by atoms with Crippen LogP contribution in [-0.4, -0.2) is 51.4 Å². The van der Waals surface area contributed by atoms with Crippen molar-refractivity contribution >= 4 is 11.7 Å². The van der Waals surface area contributed by atoms with E-state index < -0.39 is 0 Å². The van der Waals surface area contributed by atoms with Crippen LogP contribution in [0.3, 0.4) is 0 Å². The zero-order chi connectivity index (χ0) is 16.8. The molecule has 0 aromatic carbocycles. The maximum Gasteiger partial charge on any atom is 0.319 e. The molecule has 2 aromatic rings. The van der Waals surface area contributed by atoms with Crippen LogP contribution in [0, 0.1) is 0 Å². The molecular weight excluding hydrogens is 304 g/mol. The standard InChI is InChI=1S/C17H24N6O/c1-14-5-2-3-10-22(14)12-9-18-17(24)21-15-6-7-16(19-13-15)23-11-4-8-20-23/h4,6-8,11,13-14H,2-3,5,9-10,12H2,1H3,(H2,18,21,24)/t14-/m1/s1. The first-order chi connectivity index (χ1) is 11.7. The number of amides is 2. The Bertz CT molecular complexity index is 640. The molecule has 2 amide bonds. The highest BCUT2D eigenvalue weighted by Crippen LogP contribution is 2.15. The van der Waals surface area contributed by atoms with Crippen molar-refractivity contribution in [2.75, 3.05) is 25.0 Å². The number of aromatic nitrogens is 3. The fourth-order valence-corrected chi connectivity index (χ4v) is 2.98. The van der Waals surface area contributed by atoms with Crippen molar-refractivity contribution in [1.29, 1.82) is 0 Å². The molecule has 128 valence electrons. The van der Waals surface area contributed by atoms with Crippen molar-refractivity contribution in [3.63, 3.8) is 0 Å². The largest absolute Gasteiger partial charge is 0.337 e. The van der Waals surface area contributed by atoms with E-state index in [1.54, 1.807) is 17.1 Å². The number of nitrogens with zero attached hydrogens (tertiary/aromatic N) is 4. The van der Waals surface area contributed by atoms with Crippen molar-refractivity contribution in [1.82, 2.24) is 25.0 Å². The van der Waals surface area contributed by atoms with E-state index in [4.69, 9.17) is 0 Å². The number of piperidine rings is 1. The van der Waals surface area contributed by atoms with Crippen molar-refractivity contribution in [3.8, 4) is 5.82 Å². The number of carbonyl (C=O) groups is 1. The van der Waals surface area contributed by atoms with Crippen LogP contribution < -0.4 is 10.6 Å². The molecule has 1 atom stereocenters. The number of likely N-dealkylation sites (tertiary alicyclic amines) is 1. The van der Waals surface area contributed by atoms with E-state index in [0.717, 1.165) is 13.1 Å². The number of urea groups is 1. The third-order valence-electron chi connectivity index (χ3n) is 4.37. The number of pyridine rings is 1. The molecule has 0 aliphatic carbocycles. The fourth-order valence-electron chi connectivity index (χ4n) is 2.98. The molecule has 3 rings (SSSR count). The molecule has 1 fully saturated rings. The van der Waals surface area contributed by atoms with Crippen molar-refractivity contribution in [3.05, 3.63) is 36.8 Å². The van der Waals surface area contributed by atoms with Crippen LogP contribution in [0.5, 0.6) is 0 Å². The van der Waals surface area contributed by atoms with Gasteiger partial charge >= 0.3 is 6.03 Å². The lowest BCUT2D eigenvalue weighted by molar-refractivity contribution is 0.162. The van der Waals surface area contributed by atoms with Gasteiger partial charge in [0.1, 0.15) is 0 Å². The van der Waals surface area contributed by atoms with E-state index in [-0.39, 0.29) is 6.03 Å². The minimum Gasteiger partial charge on any atom is -0.337 e. The summed E-state index contributed by atoms with van der Waals surface area (Å²) in [5.74, 6) is 0.713. The van der Waals surface area contributed by atoms with Gasteiger partial charge in [0.15, 0.2) is 5.82 Å². The first kappa shape index (κ1) is 16.4. The monoisotopic (exact) mass is 328 g/mol. The summed E-state index contributed by atoms with van der Waals surface area (Å²) in [7, 11) is 0. The number of rotatable bonds is 5. The van der Waals surface area contributed by atoms with E-state index in [2.05, 4.69) is 32.5 Å². The van der Waals surface area contributed by atoms with Gasteiger partial charge in [0.05, 0.1) is 11.9 Å². The highest BCUT2D eigenvalue weighted by Gasteiger charge is 2.17. The molecule has 0 bridgehead atoms. The molecule has 1 saturated heterocycles. The average Bonchev–Trinajstić information content (AvgIpc) is 3.12. The van der Waals surface area contributed by atoms with Gasteiger partial charge in [0, 0.05) is 31.5 Å². The molecule has 3 heterocycles. The van der Waals surface area contributed by atoms with E-state index in [0.29, 0.717) is 24.1 Å². The average molecular weight is 328 g/mol. The van der Waals surface area contributed by atoms with Crippen LogP contribution in [0.25, 0.3) is 5.82 Å². The second-order valence-electron chi connectivity index (χ2n) is 6.12. The number of carbonyl (C=O) groups excluding carboxylic acids is 1. The van der Waals surface area contributed by atoms with Gasteiger partial charge in [0.25, 0.3) is 0 Å². The van der Waals surface area contributed by atoms with Crippen LogP contribution in [0.4, 0.5) is 10.5 Å². The van der Waals surface area contributed by atoms with Crippen molar-refractivity contribution in [2.45, 2.75) is 32.2 Å². The van der Waals surface area contributed by atoms with E-state index in [1.807, 2.05) is 24.4 Å². The van der Waals surface area contributed by atoms with Crippen LogP contribution in [0.2, 0.25) is 0 Å². The van der Waals surface area contributed by atoms with Crippen molar-refractivity contribution in [2.24, 2.45) is 0 Å². The third kappa shape index (κ3) is 4.32. The Hall–Kier alpha value is -2.41. The second kappa shape index (κ2) is 7.92. The Morgan fingerprint density at radius 1 is 1.38 bits per heavy atom. The number of anilines is 1. The zero-order valence-electron chi connectivity index (χ0n) is 14.0. The highest BCUT2D eigenvalue weighted by atomic mass is 16.2. The van der Waals surface area contributed by atoms with Crippen LogP contribution in [0.15, 0.2) is 36.8 Å². The molecule has 0 spiro atoms. The van der Waals surface area contributed by atoms with Gasteiger partial charge in [-0.15, -0.1) is 0 Å². The topological polar surface area (TPSA) is 75.1 Å². The van der Waals surface area contributed by atoms with E-state index >= 15 is 0 Å². The molecule has 7 nitrogen and oxygen atoms in total. The minimum absolute atomic E-state index is 0.201. The van der Waals surface area contributed by atoms with Crippen LogP contribution in [-0.2, 0) is 0 Å². The van der Waals surface area contributed by atoms with Gasteiger partial charge in [-0.1, -0.05) is 6.42 Å². The summed E-state index contributed by atoms with van der Waals surface area (Å²) >= 11 is 0. The predicted molar refractivity (Wildman–Crippen MR) is 93.3 cm³/mol. The molecule has 24 heavy (non-hydrogen) atoms. The molecule has 0 unspecified atom stereocenters. The molecule has 7 heteroatoms. The van der Waals surface area contributed by atoms with Gasteiger partial charge in [-0.2, -0.15) is 5.10 Å². The first-order valence-corrected chi connectivity index (χ1v) is 8.47. The summed E-state index contributed by atoms with van der Waals surface area (Å²) in [4.78, 5) is 18.7. The second-order valence-corrected chi connectivity index (χ2v) is 6.12. The molecule has 1 aliphatic heterocycles. The molecule has 2 N–H and O–H groups in total. The lowest BCUT2D eigenvalue weighted by Gasteiger charge is -2.33. The number of nitrogens with one attached hydrogen (secondary N) is 2. The number of hydrogen-bond acceptors (Lipinski definition) is 4.